The summed E-state index contributed by atoms with van der Waals surface area (Å²) >= 11 is 0. The van der Waals surface area contributed by atoms with Crippen LogP contribution in [0.4, 0.5) is 0 Å². The van der Waals surface area contributed by atoms with Crippen molar-refractivity contribution in [1.29, 1.82) is 0 Å². The number of hydrogen-bond acceptors (Lipinski definition) is 3. The third-order valence-corrected chi connectivity index (χ3v) is 2.90. The molecule has 1 aliphatic rings. The van der Waals surface area contributed by atoms with Crippen LogP contribution in [0.25, 0.3) is 0 Å². The van der Waals surface area contributed by atoms with Crippen molar-refractivity contribution in [3.05, 3.63) is 18.0 Å². The smallest absolute Gasteiger partial charge is 0.124 e. The quantitative estimate of drug-likeness (QED) is 0.689. The summed E-state index contributed by atoms with van der Waals surface area (Å²) in [5.74, 6) is 0.232. The zero-order chi connectivity index (χ0) is 10.7. The van der Waals surface area contributed by atoms with Crippen LogP contribution in [-0.4, -0.2) is 34.1 Å². The van der Waals surface area contributed by atoms with Crippen molar-refractivity contribution in [2.24, 2.45) is 13.0 Å². The van der Waals surface area contributed by atoms with E-state index in [0.717, 1.165) is 38.8 Å². The number of rotatable bonds is 3. The monoisotopic (exact) mass is 207 g/mol. The molecule has 1 aromatic rings. The van der Waals surface area contributed by atoms with Gasteiger partial charge >= 0.3 is 0 Å². The molecule has 0 amide bonds. The van der Waals surface area contributed by atoms with E-state index < -0.39 is 0 Å². The highest BCUT2D eigenvalue weighted by Gasteiger charge is 2.19. The van der Waals surface area contributed by atoms with Crippen LogP contribution >= 0.6 is 0 Å². The Morgan fingerprint density at radius 2 is 2.53 bits per heavy atom. The number of carbonyl (C=O) groups excluding carboxylic acids is 1. The molecule has 1 fully saturated rings. The molecule has 0 aromatic carbocycles. The lowest BCUT2D eigenvalue weighted by atomic mass is 9.99. The third-order valence-electron chi connectivity index (χ3n) is 2.90. The molecule has 0 saturated carbocycles. The highest BCUT2D eigenvalue weighted by Crippen LogP contribution is 2.16. The van der Waals surface area contributed by atoms with Crippen LogP contribution in [0.3, 0.4) is 0 Å². The van der Waals surface area contributed by atoms with E-state index in [2.05, 4.69) is 10.00 Å². The maximum Gasteiger partial charge on any atom is 0.124 e. The van der Waals surface area contributed by atoms with Gasteiger partial charge in [-0.3, -0.25) is 9.58 Å². The fourth-order valence-electron chi connectivity index (χ4n) is 2.16. The molecule has 1 aromatic heterocycles. The molecule has 0 bridgehead atoms. The summed E-state index contributed by atoms with van der Waals surface area (Å²) in [5, 5.41) is 4.14. The molecule has 1 unspecified atom stereocenters. The highest BCUT2D eigenvalue weighted by molar-refractivity contribution is 5.53. The molecule has 82 valence electrons. The Bertz CT molecular complexity index is 334. The van der Waals surface area contributed by atoms with E-state index >= 15 is 0 Å². The van der Waals surface area contributed by atoms with Gasteiger partial charge in [0.05, 0.1) is 6.20 Å². The summed E-state index contributed by atoms with van der Waals surface area (Å²) in [7, 11) is 1.92. The third kappa shape index (κ3) is 2.65. The van der Waals surface area contributed by atoms with Crippen molar-refractivity contribution in [3.8, 4) is 0 Å². The zero-order valence-electron chi connectivity index (χ0n) is 9.09. The Kier molecular flexibility index (Phi) is 3.16. The first-order valence-corrected chi connectivity index (χ1v) is 5.43. The van der Waals surface area contributed by atoms with Gasteiger partial charge in [0, 0.05) is 37.8 Å². The molecule has 0 aliphatic carbocycles. The zero-order valence-corrected chi connectivity index (χ0v) is 9.09. The molecule has 4 heteroatoms. The summed E-state index contributed by atoms with van der Waals surface area (Å²) in [5.41, 5.74) is 1.23. The molecule has 1 aliphatic heterocycles. The maximum atomic E-state index is 10.7. The van der Waals surface area contributed by atoms with Crippen molar-refractivity contribution in [3.63, 3.8) is 0 Å². The average molecular weight is 207 g/mol. The fraction of sp³-hybridized carbons (Fsp3) is 0.636. The second kappa shape index (κ2) is 4.57. The molecule has 2 heterocycles. The van der Waals surface area contributed by atoms with Gasteiger partial charge in [-0.05, 0) is 19.4 Å². The van der Waals surface area contributed by atoms with Crippen LogP contribution in [0, 0.1) is 5.92 Å². The van der Waals surface area contributed by atoms with Crippen LogP contribution in [0.1, 0.15) is 18.4 Å². The van der Waals surface area contributed by atoms with Gasteiger partial charge in [-0.2, -0.15) is 5.10 Å². The molecular formula is C11H17N3O. The van der Waals surface area contributed by atoms with Crippen molar-refractivity contribution >= 4 is 6.29 Å². The summed E-state index contributed by atoms with van der Waals surface area (Å²) in [4.78, 5) is 13.1. The lowest BCUT2D eigenvalue weighted by molar-refractivity contribution is -0.112. The first-order valence-electron chi connectivity index (χ1n) is 5.43. The number of carbonyl (C=O) groups is 1. The standard InChI is InChI=1S/C11H17N3O/c1-13-6-11(5-12-13)8-14-4-2-3-10(7-14)9-15/h5-6,9-10H,2-4,7-8H2,1H3. The lowest BCUT2D eigenvalue weighted by Crippen LogP contribution is -2.35. The van der Waals surface area contributed by atoms with Gasteiger partial charge in [0.2, 0.25) is 0 Å². The molecule has 0 radical (unpaired) electrons. The van der Waals surface area contributed by atoms with Crippen molar-refractivity contribution in [1.82, 2.24) is 14.7 Å². The van der Waals surface area contributed by atoms with E-state index in [4.69, 9.17) is 0 Å². The van der Waals surface area contributed by atoms with Crippen LogP contribution in [-0.2, 0) is 18.4 Å². The highest BCUT2D eigenvalue weighted by atomic mass is 16.1. The fourth-order valence-corrected chi connectivity index (χ4v) is 2.16. The Balaban J connectivity index is 1.91. The molecule has 15 heavy (non-hydrogen) atoms. The minimum absolute atomic E-state index is 0.232. The normalized spacial score (nSPS) is 22.9. The van der Waals surface area contributed by atoms with Crippen LogP contribution < -0.4 is 0 Å². The predicted octanol–water partition coefficient (Wildman–Crippen LogP) is 0.831. The Hall–Kier alpha value is -1.16. The van der Waals surface area contributed by atoms with Gasteiger partial charge in [-0.1, -0.05) is 0 Å². The SMILES string of the molecule is Cn1cc(CN2CCCC(C=O)C2)cn1. The topological polar surface area (TPSA) is 38.1 Å². The van der Waals surface area contributed by atoms with Gasteiger partial charge in [-0.25, -0.2) is 0 Å². The van der Waals surface area contributed by atoms with Gasteiger partial charge in [0.15, 0.2) is 0 Å². The molecule has 0 spiro atoms. The molecule has 0 N–H and O–H groups in total. The van der Waals surface area contributed by atoms with E-state index in [9.17, 15) is 4.79 Å². The summed E-state index contributed by atoms with van der Waals surface area (Å²) in [6, 6.07) is 0. The number of hydrogen-bond donors (Lipinski definition) is 0. The van der Waals surface area contributed by atoms with Gasteiger partial charge in [0.1, 0.15) is 6.29 Å². The van der Waals surface area contributed by atoms with Gasteiger partial charge in [0.25, 0.3) is 0 Å². The Labute approximate surface area is 89.9 Å². The number of nitrogens with zero attached hydrogens (tertiary/aromatic N) is 3. The van der Waals surface area contributed by atoms with E-state index in [1.54, 1.807) is 0 Å². The summed E-state index contributed by atoms with van der Waals surface area (Å²) in [6.45, 7) is 2.91. The van der Waals surface area contributed by atoms with E-state index in [-0.39, 0.29) is 5.92 Å². The first-order chi connectivity index (χ1) is 7.28. The van der Waals surface area contributed by atoms with Gasteiger partial charge < -0.3 is 4.79 Å². The van der Waals surface area contributed by atoms with E-state index in [0.29, 0.717) is 0 Å². The van der Waals surface area contributed by atoms with Crippen LogP contribution in [0.5, 0.6) is 0 Å². The van der Waals surface area contributed by atoms with Gasteiger partial charge in [-0.15, -0.1) is 0 Å². The molecule has 4 nitrogen and oxygen atoms in total. The lowest BCUT2D eigenvalue weighted by Gasteiger charge is -2.29. The van der Waals surface area contributed by atoms with Crippen LogP contribution in [0.2, 0.25) is 0 Å². The Morgan fingerprint density at radius 3 is 3.20 bits per heavy atom. The summed E-state index contributed by atoms with van der Waals surface area (Å²) in [6.07, 6.45) is 7.20. The van der Waals surface area contributed by atoms with Crippen LogP contribution in [0.15, 0.2) is 12.4 Å². The van der Waals surface area contributed by atoms with Crippen molar-refractivity contribution < 1.29 is 4.79 Å². The largest absolute Gasteiger partial charge is 0.303 e. The van der Waals surface area contributed by atoms with E-state index in [1.807, 2.05) is 24.1 Å². The van der Waals surface area contributed by atoms with E-state index in [1.165, 1.54) is 5.56 Å². The molecule has 1 atom stereocenters. The number of aryl methyl sites for hydroxylation is 1. The molecular weight excluding hydrogens is 190 g/mol. The number of likely N-dealkylation sites (tertiary alicyclic amines) is 1. The molecule has 1 saturated heterocycles. The maximum absolute atomic E-state index is 10.7. The van der Waals surface area contributed by atoms with Crippen molar-refractivity contribution in [2.45, 2.75) is 19.4 Å². The number of aromatic nitrogens is 2. The second-order valence-corrected chi connectivity index (χ2v) is 4.30. The average Bonchev–Trinajstić information content (AvgIpc) is 2.64. The summed E-state index contributed by atoms with van der Waals surface area (Å²) < 4.78 is 1.82. The Morgan fingerprint density at radius 1 is 1.67 bits per heavy atom. The molecule has 2 rings (SSSR count). The first kappa shape index (κ1) is 10.4. The minimum atomic E-state index is 0.232. The number of piperidine rings is 1. The minimum Gasteiger partial charge on any atom is -0.303 e. The number of aldehydes is 1. The second-order valence-electron chi connectivity index (χ2n) is 4.30. The predicted molar refractivity (Wildman–Crippen MR) is 57.3 cm³/mol. The van der Waals surface area contributed by atoms with Crippen molar-refractivity contribution in [2.75, 3.05) is 13.1 Å².